The fraction of sp³-hybridized carbons (Fsp3) is 0.455. The highest BCUT2D eigenvalue weighted by Gasteiger charge is 2.28. The van der Waals surface area contributed by atoms with Crippen molar-refractivity contribution in [3.63, 3.8) is 0 Å². The molecule has 1 atom stereocenters. The second kappa shape index (κ2) is 7.95. The quantitative estimate of drug-likeness (QED) is 0.793. The van der Waals surface area contributed by atoms with Crippen LogP contribution in [0.25, 0.3) is 0 Å². The fourth-order valence-corrected chi connectivity index (χ4v) is 3.68. The Morgan fingerprint density at radius 3 is 2.84 bits per heavy atom. The lowest BCUT2D eigenvalue weighted by Crippen LogP contribution is -2.43. The van der Waals surface area contributed by atoms with Crippen LogP contribution >= 0.6 is 0 Å². The highest BCUT2D eigenvalue weighted by Crippen LogP contribution is 2.26. The zero-order valence-electron chi connectivity index (χ0n) is 17.8. The van der Waals surface area contributed by atoms with Gasteiger partial charge < -0.3 is 19.7 Å². The average molecular weight is 423 g/mol. The molecule has 2 aliphatic rings. The van der Waals surface area contributed by atoms with E-state index in [2.05, 4.69) is 16.5 Å². The summed E-state index contributed by atoms with van der Waals surface area (Å²) < 4.78 is 12.9. The molecule has 162 valence electrons. The molecule has 2 aliphatic heterocycles. The lowest BCUT2D eigenvalue weighted by Gasteiger charge is -2.30. The van der Waals surface area contributed by atoms with Crippen LogP contribution in [0.15, 0.2) is 24.3 Å². The van der Waals surface area contributed by atoms with Crippen molar-refractivity contribution in [3.8, 4) is 11.8 Å². The van der Waals surface area contributed by atoms with E-state index >= 15 is 0 Å². The summed E-state index contributed by atoms with van der Waals surface area (Å²) in [4.78, 5) is 26.7. The predicted octanol–water partition coefficient (Wildman–Crippen LogP) is 2.24. The first-order valence-corrected chi connectivity index (χ1v) is 10.2. The Morgan fingerprint density at radius 1 is 1.29 bits per heavy atom. The largest absolute Gasteiger partial charge is 0.491 e. The van der Waals surface area contributed by atoms with Crippen LogP contribution in [0.5, 0.6) is 5.75 Å². The van der Waals surface area contributed by atoms with E-state index in [1.807, 2.05) is 20.8 Å². The van der Waals surface area contributed by atoms with Crippen molar-refractivity contribution in [3.05, 3.63) is 46.8 Å². The SMILES string of the molecule is CC(C)(C)OC(=O)N1CCn2nc(C(=O)NC3COc4ccc(C#N)cc4C3)cc2C1. The second-order valence-corrected chi connectivity index (χ2v) is 8.77. The molecular formula is C22H25N5O4. The predicted molar refractivity (Wildman–Crippen MR) is 110 cm³/mol. The van der Waals surface area contributed by atoms with Crippen molar-refractivity contribution in [2.75, 3.05) is 13.2 Å². The molecule has 1 aromatic carbocycles. The van der Waals surface area contributed by atoms with Crippen molar-refractivity contribution in [2.24, 2.45) is 0 Å². The van der Waals surface area contributed by atoms with Crippen molar-refractivity contribution >= 4 is 12.0 Å². The molecule has 0 aliphatic carbocycles. The van der Waals surface area contributed by atoms with Gasteiger partial charge in [0.25, 0.3) is 5.91 Å². The standard InChI is InChI=1S/C22H25N5O4/c1-22(2,3)31-21(29)26-6-7-27-17(12-26)10-18(25-27)20(28)24-16-9-15-8-14(11-23)4-5-19(15)30-13-16/h4-5,8,10,16H,6-7,9,12-13H2,1-3H3,(H,24,28). The third-order valence-electron chi connectivity index (χ3n) is 5.11. The van der Waals surface area contributed by atoms with Gasteiger partial charge in [-0.3, -0.25) is 9.48 Å². The minimum absolute atomic E-state index is 0.217. The summed E-state index contributed by atoms with van der Waals surface area (Å²) in [5, 5.41) is 16.4. The molecular weight excluding hydrogens is 398 g/mol. The van der Waals surface area contributed by atoms with Crippen LogP contribution in [0.2, 0.25) is 0 Å². The van der Waals surface area contributed by atoms with Gasteiger partial charge in [-0.25, -0.2) is 4.79 Å². The molecule has 2 aromatic rings. The van der Waals surface area contributed by atoms with Gasteiger partial charge in [0.2, 0.25) is 0 Å². The molecule has 0 bridgehead atoms. The molecule has 0 radical (unpaired) electrons. The zero-order chi connectivity index (χ0) is 22.2. The smallest absolute Gasteiger partial charge is 0.410 e. The molecule has 0 fully saturated rings. The van der Waals surface area contributed by atoms with Gasteiger partial charge in [0, 0.05) is 6.54 Å². The number of nitrogens with one attached hydrogen (secondary N) is 1. The summed E-state index contributed by atoms with van der Waals surface area (Å²) in [7, 11) is 0. The van der Waals surface area contributed by atoms with Gasteiger partial charge in [-0.15, -0.1) is 0 Å². The Labute approximate surface area is 180 Å². The minimum Gasteiger partial charge on any atom is -0.491 e. The third kappa shape index (κ3) is 4.63. The van der Waals surface area contributed by atoms with Crippen molar-refractivity contribution in [2.45, 2.75) is 51.9 Å². The van der Waals surface area contributed by atoms with Gasteiger partial charge in [-0.1, -0.05) is 0 Å². The summed E-state index contributed by atoms with van der Waals surface area (Å²) in [6.07, 6.45) is 0.206. The molecule has 0 saturated carbocycles. The molecule has 0 spiro atoms. The first-order valence-electron chi connectivity index (χ1n) is 10.2. The van der Waals surface area contributed by atoms with E-state index in [0.29, 0.717) is 43.9 Å². The molecule has 1 aromatic heterocycles. The number of amides is 2. The van der Waals surface area contributed by atoms with Gasteiger partial charge in [0.1, 0.15) is 18.0 Å². The van der Waals surface area contributed by atoms with E-state index in [1.165, 1.54) is 0 Å². The Bertz CT molecular complexity index is 1060. The topological polar surface area (TPSA) is 109 Å². The fourth-order valence-electron chi connectivity index (χ4n) is 3.68. The average Bonchev–Trinajstić information content (AvgIpc) is 3.15. The van der Waals surface area contributed by atoms with Gasteiger partial charge in [-0.2, -0.15) is 10.4 Å². The maximum atomic E-state index is 12.8. The normalized spacial score (nSPS) is 17.6. The number of carbonyl (C=O) groups excluding carboxylic acids is 2. The van der Waals surface area contributed by atoms with Crippen LogP contribution in [-0.2, 0) is 24.2 Å². The van der Waals surface area contributed by atoms with Crippen molar-refractivity contribution in [1.82, 2.24) is 20.0 Å². The van der Waals surface area contributed by atoms with Gasteiger partial charge in [0.05, 0.1) is 36.5 Å². The first kappa shape index (κ1) is 20.7. The van der Waals surface area contributed by atoms with E-state index in [-0.39, 0.29) is 18.0 Å². The van der Waals surface area contributed by atoms with Crippen LogP contribution in [0.1, 0.15) is 48.1 Å². The second-order valence-electron chi connectivity index (χ2n) is 8.77. The molecule has 4 rings (SSSR count). The Hall–Kier alpha value is -3.54. The van der Waals surface area contributed by atoms with Crippen LogP contribution in [-0.4, -0.2) is 51.5 Å². The van der Waals surface area contributed by atoms with Gasteiger partial charge in [-0.05, 0) is 57.0 Å². The highest BCUT2D eigenvalue weighted by atomic mass is 16.6. The molecule has 1 unspecified atom stereocenters. The summed E-state index contributed by atoms with van der Waals surface area (Å²) in [5.74, 6) is 0.448. The van der Waals surface area contributed by atoms with E-state index in [1.54, 1.807) is 33.8 Å². The maximum absolute atomic E-state index is 12.8. The number of aromatic nitrogens is 2. The van der Waals surface area contributed by atoms with Crippen LogP contribution in [0.4, 0.5) is 4.79 Å². The highest BCUT2D eigenvalue weighted by molar-refractivity contribution is 5.92. The summed E-state index contributed by atoms with van der Waals surface area (Å²) >= 11 is 0. The van der Waals surface area contributed by atoms with E-state index in [9.17, 15) is 9.59 Å². The molecule has 2 amide bonds. The van der Waals surface area contributed by atoms with Crippen LogP contribution in [0, 0.1) is 11.3 Å². The lowest BCUT2D eigenvalue weighted by molar-refractivity contribution is 0.0194. The molecule has 3 heterocycles. The monoisotopic (exact) mass is 423 g/mol. The summed E-state index contributed by atoms with van der Waals surface area (Å²) in [6.45, 7) is 7.15. The van der Waals surface area contributed by atoms with Crippen molar-refractivity contribution < 1.29 is 19.1 Å². The van der Waals surface area contributed by atoms with Gasteiger partial charge >= 0.3 is 6.09 Å². The number of hydrogen-bond donors (Lipinski definition) is 1. The molecule has 31 heavy (non-hydrogen) atoms. The van der Waals surface area contributed by atoms with E-state index < -0.39 is 5.60 Å². The number of carbonyl (C=O) groups is 2. The number of nitriles is 1. The zero-order valence-corrected chi connectivity index (χ0v) is 17.8. The Morgan fingerprint density at radius 2 is 2.10 bits per heavy atom. The van der Waals surface area contributed by atoms with E-state index in [4.69, 9.17) is 14.7 Å². The molecule has 9 heteroatoms. The van der Waals surface area contributed by atoms with E-state index in [0.717, 1.165) is 17.0 Å². The minimum atomic E-state index is -0.561. The maximum Gasteiger partial charge on any atom is 0.410 e. The lowest BCUT2D eigenvalue weighted by atomic mass is 10.0. The number of ether oxygens (including phenoxy) is 2. The van der Waals surface area contributed by atoms with Crippen LogP contribution in [0.3, 0.4) is 0 Å². The Balaban J connectivity index is 1.40. The molecule has 9 nitrogen and oxygen atoms in total. The number of fused-ring (bicyclic) bond motifs is 2. The first-order chi connectivity index (χ1) is 14.7. The van der Waals surface area contributed by atoms with Crippen LogP contribution < -0.4 is 10.1 Å². The molecule has 1 N–H and O–H groups in total. The number of nitrogens with zero attached hydrogens (tertiary/aromatic N) is 4. The number of rotatable bonds is 2. The summed E-state index contributed by atoms with van der Waals surface area (Å²) in [5.41, 5.74) is 1.98. The number of hydrogen-bond acceptors (Lipinski definition) is 6. The third-order valence-corrected chi connectivity index (χ3v) is 5.11. The number of benzene rings is 1. The Kier molecular flexibility index (Phi) is 5.31. The molecule has 0 saturated heterocycles. The summed E-state index contributed by atoms with van der Waals surface area (Å²) in [6, 6.07) is 8.89. The van der Waals surface area contributed by atoms with Gasteiger partial charge in [0.15, 0.2) is 5.69 Å². The van der Waals surface area contributed by atoms with Crippen molar-refractivity contribution in [1.29, 1.82) is 5.26 Å².